The molecule has 1 atom stereocenters. The van der Waals surface area contributed by atoms with Crippen LogP contribution in [0.1, 0.15) is 22.6 Å². The number of aryl methyl sites for hydroxylation is 1. The summed E-state index contributed by atoms with van der Waals surface area (Å²) in [6.07, 6.45) is 1.09. The Morgan fingerprint density at radius 3 is 2.83 bits per heavy atom. The second kappa shape index (κ2) is 4.45. The van der Waals surface area contributed by atoms with E-state index in [1.807, 2.05) is 6.07 Å². The van der Waals surface area contributed by atoms with Crippen molar-refractivity contribution in [2.24, 2.45) is 0 Å². The first-order valence-electron chi connectivity index (χ1n) is 6.32. The number of hydrogen-bond acceptors (Lipinski definition) is 1. The van der Waals surface area contributed by atoms with Crippen molar-refractivity contribution in [2.45, 2.75) is 19.3 Å². The zero-order valence-corrected chi connectivity index (χ0v) is 10.4. The number of anilines is 1. The molecular weight excluding hydrogens is 225 g/mol. The molecule has 1 unspecified atom stereocenters. The van der Waals surface area contributed by atoms with Gasteiger partial charge < -0.3 is 5.32 Å². The molecule has 2 aromatic rings. The molecule has 92 valence electrons. The summed E-state index contributed by atoms with van der Waals surface area (Å²) in [5, 5.41) is 3.22. The summed E-state index contributed by atoms with van der Waals surface area (Å²) in [4.78, 5) is 0. The number of rotatable bonds is 3. The van der Waals surface area contributed by atoms with E-state index in [4.69, 9.17) is 0 Å². The molecule has 1 aliphatic carbocycles. The molecule has 2 aromatic carbocycles. The lowest BCUT2D eigenvalue weighted by Gasteiger charge is -2.30. The summed E-state index contributed by atoms with van der Waals surface area (Å²) in [5.74, 6) is 0.381. The van der Waals surface area contributed by atoms with Crippen LogP contribution in [-0.2, 0) is 6.42 Å². The van der Waals surface area contributed by atoms with Crippen molar-refractivity contribution in [3.05, 3.63) is 65.0 Å². The van der Waals surface area contributed by atoms with Gasteiger partial charge in [0.1, 0.15) is 5.82 Å². The van der Waals surface area contributed by atoms with Crippen molar-refractivity contribution >= 4 is 5.69 Å². The monoisotopic (exact) mass is 241 g/mol. The van der Waals surface area contributed by atoms with Crippen LogP contribution in [0.2, 0.25) is 0 Å². The van der Waals surface area contributed by atoms with E-state index >= 15 is 0 Å². The average molecular weight is 241 g/mol. The smallest absolute Gasteiger partial charge is 0.149 e. The van der Waals surface area contributed by atoms with Gasteiger partial charge in [-0.15, -0.1) is 0 Å². The summed E-state index contributed by atoms with van der Waals surface area (Å²) < 4.78 is 13.8. The maximum atomic E-state index is 13.8. The van der Waals surface area contributed by atoms with Gasteiger partial charge in [0.2, 0.25) is 0 Å². The van der Waals surface area contributed by atoms with Crippen LogP contribution in [0.25, 0.3) is 0 Å². The molecule has 0 saturated heterocycles. The van der Waals surface area contributed by atoms with Crippen LogP contribution in [0.5, 0.6) is 0 Å². The van der Waals surface area contributed by atoms with Crippen molar-refractivity contribution in [3.63, 3.8) is 0 Å². The maximum absolute atomic E-state index is 13.8. The lowest BCUT2D eigenvalue weighted by molar-refractivity contribution is 0.608. The van der Waals surface area contributed by atoms with Gasteiger partial charge in [0.15, 0.2) is 0 Å². The van der Waals surface area contributed by atoms with Crippen molar-refractivity contribution < 1.29 is 4.39 Å². The van der Waals surface area contributed by atoms with E-state index in [1.54, 1.807) is 19.1 Å². The van der Waals surface area contributed by atoms with E-state index in [1.165, 1.54) is 11.1 Å². The number of fused-ring (bicyclic) bond motifs is 1. The molecule has 0 saturated carbocycles. The minimum absolute atomic E-state index is 0.134. The minimum Gasteiger partial charge on any atom is -0.382 e. The number of hydrogen-bond donors (Lipinski definition) is 1. The van der Waals surface area contributed by atoms with Gasteiger partial charge in [-0.3, -0.25) is 0 Å². The summed E-state index contributed by atoms with van der Waals surface area (Å²) in [6.45, 7) is 2.59. The van der Waals surface area contributed by atoms with E-state index in [0.717, 1.165) is 13.0 Å². The van der Waals surface area contributed by atoms with Gasteiger partial charge >= 0.3 is 0 Å². The summed E-state index contributed by atoms with van der Waals surface area (Å²) >= 11 is 0. The largest absolute Gasteiger partial charge is 0.382 e. The van der Waals surface area contributed by atoms with Crippen LogP contribution in [0, 0.1) is 12.7 Å². The van der Waals surface area contributed by atoms with E-state index in [0.29, 0.717) is 17.2 Å². The fourth-order valence-electron chi connectivity index (χ4n) is 2.56. The normalized spacial score (nSPS) is 16.9. The minimum atomic E-state index is -0.134. The SMILES string of the molecule is Cc1cccc(NCC2Cc3ccccc32)c1F. The first kappa shape index (κ1) is 11.3. The quantitative estimate of drug-likeness (QED) is 0.859. The molecule has 1 nitrogen and oxygen atoms in total. The highest BCUT2D eigenvalue weighted by molar-refractivity contribution is 5.49. The Hall–Kier alpha value is -1.83. The Labute approximate surface area is 107 Å². The second-order valence-corrected chi connectivity index (χ2v) is 4.92. The van der Waals surface area contributed by atoms with Gasteiger partial charge in [-0.2, -0.15) is 0 Å². The molecule has 3 rings (SSSR count). The summed E-state index contributed by atoms with van der Waals surface area (Å²) in [5.41, 5.74) is 4.13. The molecule has 0 fully saturated rings. The fourth-order valence-corrected chi connectivity index (χ4v) is 2.56. The van der Waals surface area contributed by atoms with E-state index in [2.05, 4.69) is 29.6 Å². The first-order chi connectivity index (χ1) is 8.75. The van der Waals surface area contributed by atoms with Gasteiger partial charge in [0, 0.05) is 12.5 Å². The number of nitrogens with one attached hydrogen (secondary N) is 1. The Morgan fingerprint density at radius 1 is 1.17 bits per heavy atom. The third kappa shape index (κ3) is 1.88. The summed E-state index contributed by atoms with van der Waals surface area (Å²) in [7, 11) is 0. The molecule has 0 radical (unpaired) electrons. The zero-order chi connectivity index (χ0) is 12.5. The highest BCUT2D eigenvalue weighted by Gasteiger charge is 2.25. The Bertz CT molecular complexity index is 577. The third-order valence-corrected chi connectivity index (χ3v) is 3.69. The van der Waals surface area contributed by atoms with Gasteiger partial charge in [0.05, 0.1) is 5.69 Å². The lowest BCUT2D eigenvalue weighted by Crippen LogP contribution is -2.24. The fraction of sp³-hybridized carbons (Fsp3) is 0.250. The number of halogens is 1. The van der Waals surface area contributed by atoms with Crippen LogP contribution in [-0.4, -0.2) is 6.54 Å². The van der Waals surface area contributed by atoms with Crippen LogP contribution in [0.3, 0.4) is 0 Å². The molecule has 0 heterocycles. The summed E-state index contributed by atoms with van der Waals surface area (Å²) in [6, 6.07) is 13.9. The predicted octanol–water partition coefficient (Wildman–Crippen LogP) is 3.89. The molecule has 1 aliphatic rings. The Kier molecular flexibility index (Phi) is 2.78. The molecule has 0 spiro atoms. The second-order valence-electron chi connectivity index (χ2n) is 4.92. The highest BCUT2D eigenvalue weighted by atomic mass is 19.1. The zero-order valence-electron chi connectivity index (χ0n) is 10.4. The Morgan fingerprint density at radius 2 is 2.00 bits per heavy atom. The van der Waals surface area contributed by atoms with Crippen molar-refractivity contribution in [1.82, 2.24) is 0 Å². The first-order valence-corrected chi connectivity index (χ1v) is 6.32. The van der Waals surface area contributed by atoms with Crippen molar-refractivity contribution in [1.29, 1.82) is 0 Å². The van der Waals surface area contributed by atoms with E-state index < -0.39 is 0 Å². The lowest BCUT2D eigenvalue weighted by atomic mass is 9.77. The van der Waals surface area contributed by atoms with Crippen molar-refractivity contribution in [2.75, 3.05) is 11.9 Å². The van der Waals surface area contributed by atoms with Crippen LogP contribution < -0.4 is 5.32 Å². The molecule has 18 heavy (non-hydrogen) atoms. The molecule has 1 N–H and O–H groups in total. The standard InChI is InChI=1S/C16H16FN/c1-11-5-4-8-15(16(11)17)18-10-13-9-12-6-2-3-7-14(12)13/h2-8,13,18H,9-10H2,1H3. The Balaban J connectivity index is 1.69. The van der Waals surface area contributed by atoms with Crippen molar-refractivity contribution in [3.8, 4) is 0 Å². The van der Waals surface area contributed by atoms with Gasteiger partial charge in [-0.05, 0) is 36.1 Å². The molecule has 0 aliphatic heterocycles. The van der Waals surface area contributed by atoms with Crippen LogP contribution in [0.15, 0.2) is 42.5 Å². The third-order valence-electron chi connectivity index (χ3n) is 3.69. The van der Waals surface area contributed by atoms with E-state index in [-0.39, 0.29) is 5.82 Å². The molecule has 0 bridgehead atoms. The molecule has 0 amide bonds. The van der Waals surface area contributed by atoms with E-state index in [9.17, 15) is 4.39 Å². The maximum Gasteiger partial charge on any atom is 0.149 e. The van der Waals surface area contributed by atoms with Gasteiger partial charge in [-0.1, -0.05) is 36.4 Å². The van der Waals surface area contributed by atoms with Gasteiger partial charge in [-0.25, -0.2) is 4.39 Å². The molecular formula is C16H16FN. The molecule has 0 aromatic heterocycles. The molecule has 2 heteroatoms. The topological polar surface area (TPSA) is 12.0 Å². The van der Waals surface area contributed by atoms with Crippen LogP contribution >= 0.6 is 0 Å². The average Bonchev–Trinajstić information content (AvgIpc) is 2.35. The van der Waals surface area contributed by atoms with Gasteiger partial charge in [0.25, 0.3) is 0 Å². The van der Waals surface area contributed by atoms with Crippen LogP contribution in [0.4, 0.5) is 10.1 Å². The number of benzene rings is 2. The highest BCUT2D eigenvalue weighted by Crippen LogP contribution is 2.34. The predicted molar refractivity (Wildman–Crippen MR) is 72.5 cm³/mol.